The molecule has 2 N–H and O–H groups in total. The summed E-state index contributed by atoms with van der Waals surface area (Å²) in [6.07, 6.45) is 0.726. The van der Waals surface area contributed by atoms with Crippen molar-refractivity contribution in [2.24, 2.45) is 5.92 Å². The van der Waals surface area contributed by atoms with E-state index in [1.807, 2.05) is 13.8 Å². The lowest BCUT2D eigenvalue weighted by atomic mass is 10.2. The molecule has 1 amide bonds. The molecule has 1 heterocycles. The van der Waals surface area contributed by atoms with Crippen molar-refractivity contribution in [1.29, 1.82) is 0 Å². The summed E-state index contributed by atoms with van der Waals surface area (Å²) >= 11 is 0. The second-order valence-electron chi connectivity index (χ2n) is 4.27. The molecule has 1 atom stereocenters. The van der Waals surface area contributed by atoms with Gasteiger partial charge in [0.25, 0.3) is 5.91 Å². The Balaban J connectivity index is 2.15. The zero-order valence-corrected chi connectivity index (χ0v) is 10.2. The van der Waals surface area contributed by atoms with E-state index >= 15 is 0 Å². The van der Waals surface area contributed by atoms with Crippen molar-refractivity contribution in [2.45, 2.75) is 20.0 Å². The first kappa shape index (κ1) is 13.7. The number of nitrogens with one attached hydrogen (secondary N) is 1. The van der Waals surface area contributed by atoms with Crippen LogP contribution in [0.25, 0.3) is 0 Å². The van der Waals surface area contributed by atoms with Crippen molar-refractivity contribution < 1.29 is 19.1 Å². The number of carbonyl (C=O) groups is 1. The standard InChI is InChI=1S/C12H19NO4/c1-9(2)7-16-8-10(14)6-13-12(15)11-4-3-5-17-11/h3-5,9-10,14H,6-8H2,1-2H3,(H,13,15). The Kier molecular flexibility index (Phi) is 5.72. The normalized spacial score (nSPS) is 12.7. The van der Waals surface area contributed by atoms with Gasteiger partial charge < -0.3 is 19.6 Å². The number of amides is 1. The highest BCUT2D eigenvalue weighted by Crippen LogP contribution is 1.99. The fraction of sp³-hybridized carbons (Fsp3) is 0.583. The minimum Gasteiger partial charge on any atom is -0.459 e. The first-order valence-electron chi connectivity index (χ1n) is 5.67. The third-order valence-corrected chi connectivity index (χ3v) is 2.00. The first-order chi connectivity index (χ1) is 8.09. The topological polar surface area (TPSA) is 71.7 Å². The lowest BCUT2D eigenvalue weighted by molar-refractivity contribution is 0.0257. The van der Waals surface area contributed by atoms with Gasteiger partial charge in [-0.3, -0.25) is 4.79 Å². The van der Waals surface area contributed by atoms with Gasteiger partial charge in [-0.25, -0.2) is 0 Å². The molecule has 1 rings (SSSR count). The Hall–Kier alpha value is -1.33. The quantitative estimate of drug-likeness (QED) is 0.748. The highest BCUT2D eigenvalue weighted by Gasteiger charge is 2.11. The van der Waals surface area contributed by atoms with Crippen LogP contribution in [0.3, 0.4) is 0 Å². The number of aliphatic hydroxyl groups is 1. The van der Waals surface area contributed by atoms with E-state index in [0.717, 1.165) is 0 Å². The number of ether oxygens (including phenoxy) is 1. The maximum atomic E-state index is 11.4. The molecule has 17 heavy (non-hydrogen) atoms. The van der Waals surface area contributed by atoms with Crippen LogP contribution in [0.4, 0.5) is 0 Å². The summed E-state index contributed by atoms with van der Waals surface area (Å²) < 4.78 is 10.2. The molecule has 0 aromatic carbocycles. The second-order valence-corrected chi connectivity index (χ2v) is 4.27. The fourth-order valence-electron chi connectivity index (χ4n) is 1.20. The van der Waals surface area contributed by atoms with Crippen LogP contribution < -0.4 is 5.32 Å². The van der Waals surface area contributed by atoms with Gasteiger partial charge >= 0.3 is 0 Å². The predicted molar refractivity (Wildman–Crippen MR) is 62.7 cm³/mol. The van der Waals surface area contributed by atoms with Crippen molar-refractivity contribution in [3.63, 3.8) is 0 Å². The van der Waals surface area contributed by atoms with Crippen molar-refractivity contribution in [3.05, 3.63) is 24.2 Å². The lowest BCUT2D eigenvalue weighted by Gasteiger charge is -2.12. The third-order valence-electron chi connectivity index (χ3n) is 2.00. The number of hydrogen-bond acceptors (Lipinski definition) is 4. The molecule has 0 radical (unpaired) electrons. The Morgan fingerprint density at radius 2 is 2.29 bits per heavy atom. The van der Waals surface area contributed by atoms with Crippen LogP contribution in [0, 0.1) is 5.92 Å². The predicted octanol–water partition coefficient (Wildman–Crippen LogP) is 1.04. The smallest absolute Gasteiger partial charge is 0.287 e. The molecule has 0 spiro atoms. The van der Waals surface area contributed by atoms with E-state index in [1.54, 1.807) is 12.1 Å². The molecule has 0 fully saturated rings. The average Bonchev–Trinajstić information content (AvgIpc) is 2.78. The minimum absolute atomic E-state index is 0.150. The third kappa shape index (κ3) is 5.51. The highest BCUT2D eigenvalue weighted by atomic mass is 16.5. The van der Waals surface area contributed by atoms with Crippen molar-refractivity contribution in [1.82, 2.24) is 5.32 Å². The largest absolute Gasteiger partial charge is 0.459 e. The molecule has 0 saturated carbocycles. The van der Waals surface area contributed by atoms with Crippen LogP contribution in [0.1, 0.15) is 24.4 Å². The molecule has 96 valence electrons. The summed E-state index contributed by atoms with van der Waals surface area (Å²) in [6.45, 7) is 5.04. The van der Waals surface area contributed by atoms with E-state index in [0.29, 0.717) is 12.5 Å². The van der Waals surface area contributed by atoms with Gasteiger partial charge in [0.05, 0.1) is 19.0 Å². The van der Waals surface area contributed by atoms with E-state index < -0.39 is 6.10 Å². The Bertz CT molecular complexity index is 321. The molecule has 5 nitrogen and oxygen atoms in total. The zero-order valence-electron chi connectivity index (χ0n) is 10.2. The molecule has 0 saturated heterocycles. The van der Waals surface area contributed by atoms with E-state index in [1.165, 1.54) is 6.26 Å². The van der Waals surface area contributed by atoms with Gasteiger partial charge in [0.1, 0.15) is 0 Å². The van der Waals surface area contributed by atoms with E-state index in [2.05, 4.69) is 5.32 Å². The van der Waals surface area contributed by atoms with Gasteiger partial charge in [0.15, 0.2) is 5.76 Å². The molecule has 0 aliphatic carbocycles. The molecular weight excluding hydrogens is 222 g/mol. The van der Waals surface area contributed by atoms with Crippen LogP contribution in [0.2, 0.25) is 0 Å². The summed E-state index contributed by atoms with van der Waals surface area (Å²) in [5, 5.41) is 12.1. The fourth-order valence-corrected chi connectivity index (χ4v) is 1.20. The second kappa shape index (κ2) is 7.09. The average molecular weight is 241 g/mol. The van der Waals surface area contributed by atoms with E-state index in [-0.39, 0.29) is 24.8 Å². The van der Waals surface area contributed by atoms with Gasteiger partial charge in [0, 0.05) is 13.2 Å². The van der Waals surface area contributed by atoms with Gasteiger partial charge in [-0.05, 0) is 18.1 Å². The molecule has 1 aromatic rings. The monoisotopic (exact) mass is 241 g/mol. The summed E-state index contributed by atoms with van der Waals surface area (Å²) in [5.74, 6) is 0.332. The maximum Gasteiger partial charge on any atom is 0.287 e. The SMILES string of the molecule is CC(C)COCC(O)CNC(=O)c1ccco1. The summed E-state index contributed by atoms with van der Waals surface area (Å²) in [6, 6.07) is 3.20. The first-order valence-corrected chi connectivity index (χ1v) is 5.67. The van der Waals surface area contributed by atoms with Crippen molar-refractivity contribution in [2.75, 3.05) is 19.8 Å². The number of furan rings is 1. The molecule has 1 aromatic heterocycles. The van der Waals surface area contributed by atoms with E-state index in [4.69, 9.17) is 9.15 Å². The molecule has 0 bridgehead atoms. The lowest BCUT2D eigenvalue weighted by Crippen LogP contribution is -2.34. The van der Waals surface area contributed by atoms with Crippen molar-refractivity contribution in [3.8, 4) is 0 Å². The summed E-state index contributed by atoms with van der Waals surface area (Å²) in [7, 11) is 0. The van der Waals surface area contributed by atoms with Crippen LogP contribution in [-0.2, 0) is 4.74 Å². The van der Waals surface area contributed by atoms with Crippen LogP contribution in [0.15, 0.2) is 22.8 Å². The van der Waals surface area contributed by atoms with Gasteiger partial charge in [-0.2, -0.15) is 0 Å². The molecule has 1 unspecified atom stereocenters. The van der Waals surface area contributed by atoms with Crippen molar-refractivity contribution >= 4 is 5.91 Å². The van der Waals surface area contributed by atoms with Gasteiger partial charge in [0.2, 0.25) is 0 Å². The number of aliphatic hydroxyl groups excluding tert-OH is 1. The van der Waals surface area contributed by atoms with Crippen LogP contribution in [0.5, 0.6) is 0 Å². The molecule has 0 aliphatic heterocycles. The zero-order chi connectivity index (χ0) is 12.7. The van der Waals surface area contributed by atoms with Crippen LogP contribution >= 0.6 is 0 Å². The Morgan fingerprint density at radius 1 is 1.53 bits per heavy atom. The van der Waals surface area contributed by atoms with Gasteiger partial charge in [-0.15, -0.1) is 0 Å². The van der Waals surface area contributed by atoms with Crippen LogP contribution in [-0.4, -0.2) is 36.9 Å². The summed E-state index contributed by atoms with van der Waals surface area (Å²) in [4.78, 5) is 11.4. The summed E-state index contributed by atoms with van der Waals surface area (Å²) in [5.41, 5.74) is 0. The molecular formula is C12H19NO4. The molecule has 0 aliphatic rings. The van der Waals surface area contributed by atoms with E-state index in [9.17, 15) is 9.90 Å². The maximum absolute atomic E-state index is 11.4. The Morgan fingerprint density at radius 3 is 2.88 bits per heavy atom. The Labute approximate surface area is 101 Å². The minimum atomic E-state index is -0.701. The number of hydrogen-bond donors (Lipinski definition) is 2. The molecule has 5 heteroatoms. The van der Waals surface area contributed by atoms with Gasteiger partial charge in [-0.1, -0.05) is 13.8 Å². The highest BCUT2D eigenvalue weighted by molar-refractivity contribution is 5.91. The number of carbonyl (C=O) groups excluding carboxylic acids is 1. The number of rotatable bonds is 7.